The number of fused-ring (bicyclic) bond motifs is 1. The second kappa shape index (κ2) is 11.6. The van der Waals surface area contributed by atoms with Crippen molar-refractivity contribution in [3.8, 4) is 5.69 Å². The number of hydrogen-bond acceptors (Lipinski definition) is 6. The number of carbonyl (C=O) groups excluding carboxylic acids is 1. The molecule has 0 N–H and O–H groups in total. The fourth-order valence-corrected chi connectivity index (χ4v) is 6.59. The number of piperidine rings is 2. The van der Waals surface area contributed by atoms with Gasteiger partial charge in [0.05, 0.1) is 22.5 Å². The molecule has 0 aliphatic carbocycles. The summed E-state index contributed by atoms with van der Waals surface area (Å²) >= 11 is 0. The van der Waals surface area contributed by atoms with Crippen LogP contribution in [0.1, 0.15) is 48.2 Å². The van der Waals surface area contributed by atoms with Gasteiger partial charge in [0.1, 0.15) is 5.52 Å². The Morgan fingerprint density at radius 1 is 0.878 bits per heavy atom. The van der Waals surface area contributed by atoms with Gasteiger partial charge in [-0.2, -0.15) is 10.2 Å². The number of rotatable bonds is 6. The molecular formula is C33H41N7O. The minimum absolute atomic E-state index is 0.0746. The van der Waals surface area contributed by atoms with Gasteiger partial charge in [-0.1, -0.05) is 48.0 Å². The van der Waals surface area contributed by atoms with Gasteiger partial charge in [-0.3, -0.25) is 9.69 Å². The Kier molecular flexibility index (Phi) is 7.75. The minimum atomic E-state index is 0.0746. The summed E-state index contributed by atoms with van der Waals surface area (Å²) in [4.78, 5) is 20.3. The molecule has 214 valence electrons. The number of carbonyl (C=O) groups is 1. The highest BCUT2D eigenvalue weighted by Gasteiger charge is 2.33. The third-order valence-electron chi connectivity index (χ3n) is 9.08. The van der Waals surface area contributed by atoms with Crippen molar-refractivity contribution < 1.29 is 4.79 Å². The van der Waals surface area contributed by atoms with E-state index in [0.29, 0.717) is 11.9 Å². The Balaban J connectivity index is 1.08. The second-order valence-corrected chi connectivity index (χ2v) is 11.9. The van der Waals surface area contributed by atoms with Gasteiger partial charge in [-0.05, 0) is 71.2 Å². The lowest BCUT2D eigenvalue weighted by molar-refractivity contribution is -0.137. The predicted molar refractivity (Wildman–Crippen MR) is 163 cm³/mol. The molecule has 41 heavy (non-hydrogen) atoms. The summed E-state index contributed by atoms with van der Waals surface area (Å²) in [6.07, 6.45) is 3.74. The summed E-state index contributed by atoms with van der Waals surface area (Å²) in [6.45, 7) is 10.4. The molecular weight excluding hydrogens is 510 g/mol. The number of nitrogens with zero attached hydrogens (tertiary/aromatic N) is 7. The average Bonchev–Trinajstić information content (AvgIpc) is 3.36. The van der Waals surface area contributed by atoms with Crippen LogP contribution in [0.25, 0.3) is 16.6 Å². The zero-order valence-electron chi connectivity index (χ0n) is 24.8. The molecule has 0 saturated carbocycles. The van der Waals surface area contributed by atoms with E-state index in [-0.39, 0.29) is 5.92 Å². The van der Waals surface area contributed by atoms with Crippen LogP contribution in [0.2, 0.25) is 0 Å². The minimum Gasteiger partial charge on any atom is -0.353 e. The monoisotopic (exact) mass is 551 g/mol. The first-order chi connectivity index (χ1) is 19.9. The van der Waals surface area contributed by atoms with Crippen LogP contribution < -0.4 is 4.90 Å². The molecule has 8 heteroatoms. The van der Waals surface area contributed by atoms with Crippen LogP contribution in [0.5, 0.6) is 0 Å². The van der Waals surface area contributed by atoms with Gasteiger partial charge in [0.25, 0.3) is 0 Å². The maximum Gasteiger partial charge on any atom is 0.225 e. The van der Waals surface area contributed by atoms with E-state index in [1.165, 1.54) is 11.1 Å². The molecule has 4 heterocycles. The molecule has 2 aliphatic heterocycles. The Hall–Kier alpha value is -3.78. The van der Waals surface area contributed by atoms with Crippen molar-refractivity contribution in [2.24, 2.45) is 5.92 Å². The first-order valence-corrected chi connectivity index (χ1v) is 15.0. The lowest BCUT2D eigenvalue weighted by Crippen LogP contribution is -2.48. The molecule has 4 aromatic rings. The quantitative estimate of drug-likeness (QED) is 0.333. The Bertz CT molecular complexity index is 1500. The Morgan fingerprint density at radius 3 is 2.24 bits per heavy atom. The topological polar surface area (TPSA) is 70.4 Å². The zero-order chi connectivity index (χ0) is 28.5. The molecule has 8 nitrogen and oxygen atoms in total. The summed E-state index contributed by atoms with van der Waals surface area (Å²) in [5.41, 5.74) is 6.45. The van der Waals surface area contributed by atoms with Crippen molar-refractivity contribution >= 4 is 22.6 Å². The van der Waals surface area contributed by atoms with Crippen molar-refractivity contribution in [3.63, 3.8) is 0 Å². The number of likely N-dealkylation sites (tertiary alicyclic amines) is 1. The van der Waals surface area contributed by atoms with Crippen molar-refractivity contribution in [1.29, 1.82) is 0 Å². The maximum atomic E-state index is 13.5. The molecule has 2 aromatic heterocycles. The van der Waals surface area contributed by atoms with Gasteiger partial charge < -0.3 is 9.80 Å². The predicted octanol–water partition coefficient (Wildman–Crippen LogP) is 5.08. The summed E-state index contributed by atoms with van der Waals surface area (Å²) in [7, 11) is 2.21. The van der Waals surface area contributed by atoms with Crippen molar-refractivity contribution in [3.05, 3.63) is 77.1 Å². The summed E-state index contributed by atoms with van der Waals surface area (Å²) < 4.78 is 2.00. The standard InChI is InChI=1S/C33H41N7O/c1-23-10-12-29(13-11-23)40-25(3)30-24(2)34-35-32(31(30)36-40)38-18-14-27(15-19-38)33(41)39-20-16-28(17-21-39)37(4)22-26-8-6-5-7-9-26/h5-13,27-28H,14-22H2,1-4H3. The van der Waals surface area contributed by atoms with Crippen LogP contribution in [-0.2, 0) is 11.3 Å². The molecule has 2 saturated heterocycles. The fraction of sp³-hybridized carbons (Fsp3) is 0.455. The van der Waals surface area contributed by atoms with Gasteiger partial charge in [0.15, 0.2) is 5.82 Å². The van der Waals surface area contributed by atoms with Crippen LogP contribution in [0.15, 0.2) is 54.6 Å². The van der Waals surface area contributed by atoms with Crippen LogP contribution in [0.3, 0.4) is 0 Å². The average molecular weight is 552 g/mol. The molecule has 2 fully saturated rings. The maximum absolute atomic E-state index is 13.5. The van der Waals surface area contributed by atoms with Crippen molar-refractivity contribution in [2.75, 3.05) is 38.1 Å². The van der Waals surface area contributed by atoms with E-state index < -0.39 is 0 Å². The van der Waals surface area contributed by atoms with Gasteiger partial charge in [-0.15, -0.1) is 5.10 Å². The lowest BCUT2D eigenvalue weighted by atomic mass is 9.93. The Labute approximate surface area is 243 Å². The van der Waals surface area contributed by atoms with E-state index in [1.54, 1.807) is 0 Å². The van der Waals surface area contributed by atoms with Gasteiger partial charge >= 0.3 is 0 Å². The molecule has 0 spiro atoms. The summed E-state index contributed by atoms with van der Waals surface area (Å²) in [6, 6.07) is 19.6. The smallest absolute Gasteiger partial charge is 0.225 e. The van der Waals surface area contributed by atoms with Crippen LogP contribution in [0.4, 0.5) is 5.82 Å². The lowest BCUT2D eigenvalue weighted by Gasteiger charge is -2.39. The third kappa shape index (κ3) is 5.58. The molecule has 0 radical (unpaired) electrons. The van der Waals surface area contributed by atoms with E-state index in [9.17, 15) is 4.79 Å². The van der Waals surface area contributed by atoms with Gasteiger partial charge in [0, 0.05) is 44.7 Å². The van der Waals surface area contributed by atoms with Crippen LogP contribution in [0, 0.1) is 26.7 Å². The van der Waals surface area contributed by atoms with Gasteiger partial charge in [0.2, 0.25) is 5.91 Å². The van der Waals surface area contributed by atoms with E-state index in [0.717, 1.165) is 92.2 Å². The van der Waals surface area contributed by atoms with Crippen LogP contribution in [-0.4, -0.2) is 75.0 Å². The van der Waals surface area contributed by atoms with E-state index in [1.807, 2.05) is 11.6 Å². The number of hydrogen-bond donors (Lipinski definition) is 0. The fourth-order valence-electron chi connectivity index (χ4n) is 6.59. The molecule has 1 amide bonds. The number of amides is 1. The zero-order valence-corrected chi connectivity index (χ0v) is 24.8. The Morgan fingerprint density at radius 2 is 1.56 bits per heavy atom. The first-order valence-electron chi connectivity index (χ1n) is 15.0. The van der Waals surface area contributed by atoms with E-state index in [2.05, 4.69) is 100 Å². The van der Waals surface area contributed by atoms with Crippen LogP contribution >= 0.6 is 0 Å². The first kappa shape index (κ1) is 27.4. The van der Waals surface area contributed by atoms with E-state index in [4.69, 9.17) is 5.10 Å². The number of benzene rings is 2. The third-order valence-corrected chi connectivity index (χ3v) is 9.08. The summed E-state index contributed by atoms with van der Waals surface area (Å²) in [5, 5.41) is 15.2. The molecule has 2 aromatic carbocycles. The second-order valence-electron chi connectivity index (χ2n) is 11.9. The highest BCUT2D eigenvalue weighted by molar-refractivity contribution is 5.92. The molecule has 2 aliphatic rings. The SMILES string of the molecule is Cc1ccc(-n2nc3c(N4CCC(C(=O)N5CCC(N(C)Cc6ccccc6)CC5)CC4)nnc(C)c3c2C)cc1. The largest absolute Gasteiger partial charge is 0.353 e. The number of anilines is 1. The normalized spacial score (nSPS) is 17.1. The highest BCUT2D eigenvalue weighted by Crippen LogP contribution is 2.32. The molecule has 6 rings (SSSR count). The van der Waals surface area contributed by atoms with Gasteiger partial charge in [-0.25, -0.2) is 4.68 Å². The summed E-state index contributed by atoms with van der Waals surface area (Å²) in [5.74, 6) is 1.23. The number of aryl methyl sites for hydroxylation is 3. The molecule has 0 atom stereocenters. The highest BCUT2D eigenvalue weighted by atomic mass is 16.2. The van der Waals surface area contributed by atoms with E-state index >= 15 is 0 Å². The number of aromatic nitrogens is 4. The van der Waals surface area contributed by atoms with Crippen molar-refractivity contribution in [2.45, 2.75) is 59.0 Å². The molecule has 0 unspecified atom stereocenters. The molecule has 0 bridgehead atoms. The van der Waals surface area contributed by atoms with Crippen molar-refractivity contribution in [1.82, 2.24) is 29.8 Å².